The number of halogens is 1. The fraction of sp³-hybridized carbons (Fsp3) is 1.00. The van der Waals surface area contributed by atoms with E-state index in [-0.39, 0.29) is 25.9 Å². The minimum atomic E-state index is 0. The Kier molecular flexibility index (Phi) is 17.9. The van der Waals surface area contributed by atoms with E-state index in [9.17, 15) is 0 Å². The molecule has 0 rings (SSSR count). The predicted octanol–water partition coefficient (Wildman–Crippen LogP) is 5.00. The summed E-state index contributed by atoms with van der Waals surface area (Å²) in [6, 6.07) is 0. The van der Waals surface area contributed by atoms with E-state index in [0.717, 1.165) is 5.92 Å². The second kappa shape index (κ2) is 14.2. The van der Waals surface area contributed by atoms with Gasteiger partial charge < -0.3 is 2.85 Å². The van der Waals surface area contributed by atoms with Crippen LogP contribution < -0.4 is 0 Å². The van der Waals surface area contributed by atoms with E-state index < -0.39 is 0 Å². The molecule has 0 aliphatic rings. The number of rotatable bonds is 9. The summed E-state index contributed by atoms with van der Waals surface area (Å²) in [6.45, 7) is 4.57. The molecule has 84 valence electrons. The summed E-state index contributed by atoms with van der Waals surface area (Å²) in [4.78, 5) is 0. The predicted molar refractivity (Wildman–Crippen MR) is 73.5 cm³/mol. The van der Waals surface area contributed by atoms with E-state index in [1.165, 1.54) is 56.7 Å². The Labute approximate surface area is 118 Å². The molecule has 0 saturated heterocycles. The van der Waals surface area contributed by atoms with Gasteiger partial charge in [0.25, 0.3) is 0 Å². The van der Waals surface area contributed by atoms with Crippen molar-refractivity contribution in [3.05, 3.63) is 0 Å². The summed E-state index contributed by atoms with van der Waals surface area (Å²) in [6.07, 6.45) is 11.3. The molecule has 0 aromatic heterocycles. The van der Waals surface area contributed by atoms with Crippen molar-refractivity contribution in [3.8, 4) is 0 Å². The SMILES string of the molecule is CCCCCCCCC(CC)CBr.[H-].[H-].[Mg+2]. The van der Waals surface area contributed by atoms with Crippen LogP contribution >= 0.6 is 15.9 Å². The summed E-state index contributed by atoms with van der Waals surface area (Å²) in [5.41, 5.74) is 0. The van der Waals surface area contributed by atoms with Crippen LogP contribution in [0.5, 0.6) is 0 Å². The van der Waals surface area contributed by atoms with E-state index in [1.54, 1.807) is 0 Å². The largest absolute Gasteiger partial charge is 2.00 e. The normalized spacial score (nSPS) is 12.2. The molecule has 0 aliphatic heterocycles. The molecule has 0 aliphatic carbocycles. The third kappa shape index (κ3) is 11.3. The van der Waals surface area contributed by atoms with E-state index in [1.807, 2.05) is 0 Å². The van der Waals surface area contributed by atoms with Crippen molar-refractivity contribution < 1.29 is 2.85 Å². The molecular weight excluding hydrogens is 248 g/mol. The third-order valence-corrected chi connectivity index (χ3v) is 3.68. The van der Waals surface area contributed by atoms with Crippen LogP contribution in [0.4, 0.5) is 0 Å². The molecule has 0 heterocycles. The zero-order chi connectivity index (χ0) is 9.94. The maximum Gasteiger partial charge on any atom is 2.00 e. The Balaban J connectivity index is -0.000000240. The monoisotopic (exact) mass is 274 g/mol. The molecule has 2 heteroatoms. The van der Waals surface area contributed by atoms with Gasteiger partial charge in [-0.15, -0.1) is 0 Å². The van der Waals surface area contributed by atoms with Gasteiger partial charge in [-0.05, 0) is 12.3 Å². The minimum Gasteiger partial charge on any atom is -1.00 e. The summed E-state index contributed by atoms with van der Waals surface area (Å²) in [5, 5.41) is 1.19. The van der Waals surface area contributed by atoms with Crippen LogP contribution in [0.15, 0.2) is 0 Å². The summed E-state index contributed by atoms with van der Waals surface area (Å²) in [7, 11) is 0. The second-order valence-electron chi connectivity index (χ2n) is 3.99. The first-order valence-electron chi connectivity index (χ1n) is 5.91. The second-order valence-corrected chi connectivity index (χ2v) is 4.63. The molecule has 0 spiro atoms. The molecular formula is C12H27BrMg. The van der Waals surface area contributed by atoms with Gasteiger partial charge in [0.1, 0.15) is 0 Å². The van der Waals surface area contributed by atoms with E-state index >= 15 is 0 Å². The van der Waals surface area contributed by atoms with Crippen molar-refractivity contribution in [3.63, 3.8) is 0 Å². The first kappa shape index (κ1) is 17.6. The zero-order valence-electron chi connectivity index (χ0n) is 12.0. The maximum atomic E-state index is 3.57. The van der Waals surface area contributed by atoms with Crippen LogP contribution in [0.25, 0.3) is 0 Å². The molecule has 0 N–H and O–H groups in total. The number of hydrogen-bond donors (Lipinski definition) is 0. The van der Waals surface area contributed by atoms with Gasteiger partial charge in [0.05, 0.1) is 0 Å². The molecule has 14 heavy (non-hydrogen) atoms. The maximum absolute atomic E-state index is 3.57. The topological polar surface area (TPSA) is 0 Å². The first-order chi connectivity index (χ1) is 6.35. The van der Waals surface area contributed by atoms with E-state index in [0.29, 0.717) is 0 Å². The van der Waals surface area contributed by atoms with Crippen molar-refractivity contribution in [1.82, 2.24) is 0 Å². The van der Waals surface area contributed by atoms with Crippen molar-refractivity contribution in [1.29, 1.82) is 0 Å². The Morgan fingerprint density at radius 2 is 1.57 bits per heavy atom. The Morgan fingerprint density at radius 3 is 2.07 bits per heavy atom. The quantitative estimate of drug-likeness (QED) is 0.315. The molecule has 0 radical (unpaired) electrons. The Hall–Kier alpha value is 1.25. The van der Waals surface area contributed by atoms with Crippen LogP contribution in [-0.2, 0) is 0 Å². The van der Waals surface area contributed by atoms with Gasteiger partial charge in [-0.25, -0.2) is 0 Å². The minimum absolute atomic E-state index is 0. The van der Waals surface area contributed by atoms with Crippen LogP contribution in [0.1, 0.15) is 68.1 Å². The zero-order valence-corrected chi connectivity index (χ0v) is 13.0. The smallest absolute Gasteiger partial charge is 1.00 e. The van der Waals surface area contributed by atoms with Gasteiger partial charge in [-0.2, -0.15) is 0 Å². The molecule has 0 amide bonds. The van der Waals surface area contributed by atoms with Crippen molar-refractivity contribution in [2.45, 2.75) is 65.2 Å². The molecule has 0 aromatic rings. The Morgan fingerprint density at radius 1 is 1.00 bits per heavy atom. The molecule has 1 atom stereocenters. The van der Waals surface area contributed by atoms with Crippen molar-refractivity contribution in [2.75, 3.05) is 5.33 Å². The van der Waals surface area contributed by atoms with Crippen molar-refractivity contribution >= 4 is 39.0 Å². The average Bonchev–Trinajstić information content (AvgIpc) is 2.17. The van der Waals surface area contributed by atoms with Gasteiger partial charge >= 0.3 is 23.1 Å². The van der Waals surface area contributed by atoms with Gasteiger partial charge in [0.2, 0.25) is 0 Å². The first-order valence-corrected chi connectivity index (χ1v) is 7.03. The van der Waals surface area contributed by atoms with Gasteiger partial charge in [-0.1, -0.05) is 74.7 Å². The summed E-state index contributed by atoms with van der Waals surface area (Å²) < 4.78 is 0. The van der Waals surface area contributed by atoms with Crippen LogP contribution in [0, 0.1) is 5.92 Å². The van der Waals surface area contributed by atoms with Gasteiger partial charge in [0.15, 0.2) is 0 Å². The Bertz CT molecular complexity index is 101. The van der Waals surface area contributed by atoms with Crippen molar-refractivity contribution in [2.24, 2.45) is 5.92 Å². The average molecular weight is 276 g/mol. The van der Waals surface area contributed by atoms with E-state index in [4.69, 9.17) is 0 Å². The summed E-state index contributed by atoms with van der Waals surface area (Å²) in [5.74, 6) is 0.922. The fourth-order valence-electron chi connectivity index (χ4n) is 1.60. The summed E-state index contributed by atoms with van der Waals surface area (Å²) >= 11 is 3.57. The number of alkyl halides is 1. The molecule has 0 aromatic carbocycles. The van der Waals surface area contributed by atoms with Crippen LogP contribution in [-0.4, -0.2) is 28.4 Å². The number of unbranched alkanes of at least 4 members (excludes halogenated alkanes) is 5. The fourth-order valence-corrected chi connectivity index (χ4v) is 2.39. The molecule has 1 unspecified atom stereocenters. The molecule has 0 nitrogen and oxygen atoms in total. The number of hydrogen-bond acceptors (Lipinski definition) is 0. The van der Waals surface area contributed by atoms with E-state index in [2.05, 4.69) is 29.8 Å². The van der Waals surface area contributed by atoms with Crippen LogP contribution in [0.3, 0.4) is 0 Å². The standard InChI is InChI=1S/C12H25Br.Mg.2H/c1-3-5-6-7-8-9-10-12(4-2)11-13;;;/h12H,3-11H2,1-2H3;;;/q;+2;2*-1. The molecule has 0 bridgehead atoms. The van der Waals surface area contributed by atoms with Crippen LogP contribution in [0.2, 0.25) is 0 Å². The van der Waals surface area contributed by atoms with Gasteiger partial charge in [0, 0.05) is 5.33 Å². The molecule has 0 saturated carbocycles. The van der Waals surface area contributed by atoms with Gasteiger partial charge in [-0.3, -0.25) is 0 Å². The third-order valence-electron chi connectivity index (χ3n) is 2.76. The molecule has 0 fully saturated rings.